The molecule has 0 aliphatic rings. The van der Waals surface area contributed by atoms with E-state index in [-0.39, 0.29) is 5.56 Å². The van der Waals surface area contributed by atoms with Gasteiger partial charge in [0.05, 0.1) is 27.8 Å². The summed E-state index contributed by atoms with van der Waals surface area (Å²) in [5, 5.41) is 17.4. The lowest BCUT2D eigenvalue weighted by Crippen LogP contribution is -2.07. The van der Waals surface area contributed by atoms with E-state index < -0.39 is 11.7 Å². The lowest BCUT2D eigenvalue weighted by molar-refractivity contribution is -0.137. The van der Waals surface area contributed by atoms with E-state index in [2.05, 4.69) is 0 Å². The molecular weight excluding hydrogens is 325 g/mol. The fraction of sp³-hybridized carbons (Fsp3) is 0.176. The van der Waals surface area contributed by atoms with E-state index >= 15 is 0 Å². The third kappa shape index (κ3) is 5.32. The van der Waals surface area contributed by atoms with E-state index in [9.17, 15) is 13.2 Å². The van der Waals surface area contributed by atoms with Gasteiger partial charge in [-0.05, 0) is 43.7 Å². The molecule has 0 spiro atoms. The second kappa shape index (κ2) is 7.67. The highest BCUT2D eigenvalue weighted by Crippen LogP contribution is 2.32. The van der Waals surface area contributed by atoms with Gasteiger partial charge < -0.3 is 0 Å². The van der Waals surface area contributed by atoms with Gasteiger partial charge in [0.2, 0.25) is 0 Å². The van der Waals surface area contributed by atoms with Crippen molar-refractivity contribution in [3.63, 3.8) is 0 Å². The molecule has 0 saturated heterocycles. The Morgan fingerprint density at radius 3 is 1.78 bits per heavy atom. The fourth-order valence-corrected chi connectivity index (χ4v) is 1.98. The molecule has 0 fully saturated rings. The molecule has 0 aliphatic carbocycles. The highest BCUT2D eigenvalue weighted by atomic mass is 35.5. The number of aryl methyl sites for hydroxylation is 2. The molecule has 0 saturated carbocycles. The molecule has 23 heavy (non-hydrogen) atoms. The number of hydrogen-bond acceptors (Lipinski definition) is 2. The summed E-state index contributed by atoms with van der Waals surface area (Å²) in [6, 6.07) is 12.5. The molecule has 0 amide bonds. The van der Waals surface area contributed by atoms with Gasteiger partial charge in [-0.2, -0.15) is 23.7 Å². The van der Waals surface area contributed by atoms with Crippen LogP contribution in [0.3, 0.4) is 0 Å². The van der Waals surface area contributed by atoms with Crippen LogP contribution in [0.2, 0.25) is 5.02 Å². The number of nitrogens with zero attached hydrogens (tertiary/aromatic N) is 2. The first-order chi connectivity index (χ1) is 10.7. The van der Waals surface area contributed by atoms with Gasteiger partial charge in [0, 0.05) is 0 Å². The Bertz CT molecular complexity index is 784. The van der Waals surface area contributed by atoms with Crippen molar-refractivity contribution in [1.29, 1.82) is 10.5 Å². The second-order valence-corrected chi connectivity index (χ2v) is 5.16. The Balaban J connectivity index is 0.000000238. The van der Waals surface area contributed by atoms with Gasteiger partial charge in [0.25, 0.3) is 0 Å². The monoisotopic (exact) mass is 336 g/mol. The first-order valence-corrected chi connectivity index (χ1v) is 6.81. The first kappa shape index (κ1) is 18.5. The van der Waals surface area contributed by atoms with Crippen LogP contribution < -0.4 is 0 Å². The highest BCUT2D eigenvalue weighted by Gasteiger charge is 2.33. The van der Waals surface area contributed by atoms with Gasteiger partial charge in [-0.1, -0.05) is 29.3 Å². The smallest absolute Gasteiger partial charge is 0.192 e. The molecule has 118 valence electrons. The summed E-state index contributed by atoms with van der Waals surface area (Å²) in [5.41, 5.74) is 0.899. The Labute approximate surface area is 137 Å². The molecule has 2 rings (SSSR count). The molecule has 0 N–H and O–H groups in total. The minimum atomic E-state index is -4.45. The van der Waals surface area contributed by atoms with Crippen LogP contribution >= 0.6 is 11.6 Å². The normalized spacial score (nSPS) is 10.1. The predicted octanol–water partition coefficient (Wildman–Crippen LogP) is 5.41. The van der Waals surface area contributed by atoms with Gasteiger partial charge >= 0.3 is 6.18 Å². The van der Waals surface area contributed by atoms with Gasteiger partial charge in [0.1, 0.15) is 6.07 Å². The average Bonchev–Trinajstić information content (AvgIpc) is 2.47. The van der Waals surface area contributed by atoms with Crippen molar-refractivity contribution >= 4 is 11.6 Å². The zero-order valence-corrected chi connectivity index (χ0v) is 13.1. The maximum Gasteiger partial charge on any atom is 0.417 e. The molecule has 0 radical (unpaired) electrons. The summed E-state index contributed by atoms with van der Waals surface area (Å²) >= 11 is 5.71. The number of hydrogen-bond donors (Lipinski definition) is 0. The number of halogens is 4. The lowest BCUT2D eigenvalue weighted by atomic mass is 10.1. The quantitative estimate of drug-likeness (QED) is 0.646. The number of benzene rings is 2. The standard InChI is InChI=1S/C9H6F3N.C8H6ClN/c1-6-2-3-7(5-13)8(4-6)9(10,11)12;1-6-2-3-7(5-10)8(9)4-6/h2-4H,1H3;2-4H,1H3. The number of nitriles is 2. The minimum Gasteiger partial charge on any atom is -0.192 e. The minimum absolute atomic E-state index is 0.335. The number of rotatable bonds is 0. The van der Waals surface area contributed by atoms with Crippen LogP contribution in [0.5, 0.6) is 0 Å². The van der Waals surface area contributed by atoms with Crippen LogP contribution in [-0.4, -0.2) is 0 Å². The Morgan fingerprint density at radius 2 is 1.35 bits per heavy atom. The molecule has 0 atom stereocenters. The summed E-state index contributed by atoms with van der Waals surface area (Å²) in [7, 11) is 0. The van der Waals surface area contributed by atoms with Crippen molar-refractivity contribution in [3.8, 4) is 12.1 Å². The van der Waals surface area contributed by atoms with Crippen LogP contribution in [0.4, 0.5) is 13.2 Å². The summed E-state index contributed by atoms with van der Waals surface area (Å²) in [5.74, 6) is 0. The Hall–Kier alpha value is -2.50. The molecule has 0 aliphatic heterocycles. The largest absolute Gasteiger partial charge is 0.417 e. The molecule has 0 unspecified atom stereocenters. The van der Waals surface area contributed by atoms with Crippen molar-refractivity contribution < 1.29 is 13.2 Å². The van der Waals surface area contributed by atoms with Crippen molar-refractivity contribution in [1.82, 2.24) is 0 Å². The summed E-state index contributed by atoms with van der Waals surface area (Å²) in [4.78, 5) is 0. The van der Waals surface area contributed by atoms with Gasteiger partial charge in [0.15, 0.2) is 0 Å². The van der Waals surface area contributed by atoms with Crippen molar-refractivity contribution in [2.45, 2.75) is 20.0 Å². The summed E-state index contributed by atoms with van der Waals surface area (Å²) < 4.78 is 36.8. The Morgan fingerprint density at radius 1 is 0.870 bits per heavy atom. The fourth-order valence-electron chi connectivity index (χ4n) is 1.70. The molecule has 0 aromatic heterocycles. The molecule has 0 bridgehead atoms. The van der Waals surface area contributed by atoms with Gasteiger partial charge in [-0.25, -0.2) is 0 Å². The topological polar surface area (TPSA) is 47.6 Å². The highest BCUT2D eigenvalue weighted by molar-refractivity contribution is 6.31. The van der Waals surface area contributed by atoms with Crippen LogP contribution in [0.25, 0.3) is 0 Å². The van der Waals surface area contributed by atoms with Crippen molar-refractivity contribution in [2.75, 3.05) is 0 Å². The van der Waals surface area contributed by atoms with Crippen molar-refractivity contribution in [3.05, 3.63) is 69.2 Å². The third-order valence-corrected chi connectivity index (χ3v) is 3.16. The Kier molecular flexibility index (Phi) is 6.18. The van der Waals surface area contributed by atoms with Gasteiger partial charge in [-0.3, -0.25) is 0 Å². The lowest BCUT2D eigenvalue weighted by Gasteiger charge is -2.08. The SMILES string of the molecule is Cc1ccc(C#N)c(C(F)(F)F)c1.Cc1ccc(C#N)c(Cl)c1. The van der Waals surface area contributed by atoms with Crippen LogP contribution in [0.1, 0.15) is 27.8 Å². The zero-order valence-electron chi connectivity index (χ0n) is 12.4. The summed E-state index contributed by atoms with van der Waals surface area (Å²) in [6.07, 6.45) is -4.45. The predicted molar refractivity (Wildman–Crippen MR) is 81.8 cm³/mol. The third-order valence-electron chi connectivity index (χ3n) is 2.85. The molecular formula is C17H12ClF3N2. The van der Waals surface area contributed by atoms with E-state index in [4.69, 9.17) is 22.1 Å². The summed E-state index contributed by atoms with van der Waals surface area (Å²) in [6.45, 7) is 3.49. The molecule has 2 aromatic carbocycles. The van der Waals surface area contributed by atoms with E-state index in [1.165, 1.54) is 18.2 Å². The van der Waals surface area contributed by atoms with E-state index in [1.807, 2.05) is 19.1 Å². The van der Waals surface area contributed by atoms with Crippen LogP contribution in [0.15, 0.2) is 36.4 Å². The molecule has 2 nitrogen and oxygen atoms in total. The zero-order chi connectivity index (χ0) is 17.6. The van der Waals surface area contributed by atoms with Gasteiger partial charge in [-0.15, -0.1) is 0 Å². The van der Waals surface area contributed by atoms with E-state index in [0.717, 1.165) is 11.6 Å². The van der Waals surface area contributed by atoms with Crippen molar-refractivity contribution in [2.24, 2.45) is 0 Å². The van der Waals surface area contributed by atoms with E-state index in [1.54, 1.807) is 19.1 Å². The first-order valence-electron chi connectivity index (χ1n) is 6.43. The molecule has 0 heterocycles. The maximum atomic E-state index is 12.3. The molecule has 2 aromatic rings. The van der Waals surface area contributed by atoms with Crippen LogP contribution in [0, 0.1) is 36.5 Å². The molecule has 6 heteroatoms. The number of alkyl halides is 3. The average molecular weight is 337 g/mol. The second-order valence-electron chi connectivity index (χ2n) is 4.75. The maximum absolute atomic E-state index is 12.3. The van der Waals surface area contributed by atoms with E-state index in [0.29, 0.717) is 16.1 Å². The van der Waals surface area contributed by atoms with Crippen LogP contribution in [-0.2, 0) is 6.18 Å².